The molecule has 1 aromatic carbocycles. The van der Waals surface area contributed by atoms with Gasteiger partial charge in [0.15, 0.2) is 0 Å². The average Bonchev–Trinajstić information content (AvgIpc) is 2.86. The molecule has 0 spiro atoms. The van der Waals surface area contributed by atoms with Crippen LogP contribution in [0.4, 0.5) is 11.5 Å². The molecule has 0 saturated heterocycles. The first-order chi connectivity index (χ1) is 10.6. The van der Waals surface area contributed by atoms with Crippen LogP contribution in [0.3, 0.4) is 0 Å². The first kappa shape index (κ1) is 14.3. The van der Waals surface area contributed by atoms with E-state index in [1.807, 2.05) is 31.2 Å². The molecule has 2 amide bonds. The van der Waals surface area contributed by atoms with E-state index in [4.69, 9.17) is 0 Å². The van der Waals surface area contributed by atoms with E-state index in [0.717, 1.165) is 27.9 Å². The largest absolute Gasteiger partial charge is 0.326 e. The summed E-state index contributed by atoms with van der Waals surface area (Å²) in [6.45, 7) is 3.78. The number of hydrogen-bond acceptors (Lipinski definition) is 3. The highest BCUT2D eigenvalue weighted by atomic mass is 16.2. The number of benzene rings is 1. The molecule has 3 rings (SSSR count). The summed E-state index contributed by atoms with van der Waals surface area (Å²) in [6, 6.07) is 7.77. The lowest BCUT2D eigenvalue weighted by molar-refractivity contribution is -0.116. The first-order valence-corrected chi connectivity index (χ1v) is 7.26. The third-order valence-electron chi connectivity index (χ3n) is 3.74. The Hall–Kier alpha value is -2.69. The van der Waals surface area contributed by atoms with Crippen molar-refractivity contribution in [3.8, 4) is 11.1 Å². The van der Waals surface area contributed by atoms with Gasteiger partial charge in [-0.1, -0.05) is 13.0 Å². The zero-order valence-corrected chi connectivity index (χ0v) is 12.6. The maximum atomic E-state index is 11.4. The number of nitrogens with one attached hydrogen (secondary N) is 2. The van der Waals surface area contributed by atoms with Crippen LogP contribution in [0, 0.1) is 6.92 Å². The van der Waals surface area contributed by atoms with Crippen LogP contribution < -0.4 is 10.6 Å². The lowest BCUT2D eigenvalue weighted by Gasteiger charge is -2.10. The van der Waals surface area contributed by atoms with E-state index in [9.17, 15) is 9.59 Å². The number of aryl methyl sites for hydroxylation is 1. The van der Waals surface area contributed by atoms with E-state index in [0.29, 0.717) is 18.7 Å². The fourth-order valence-electron chi connectivity index (χ4n) is 2.55. The summed E-state index contributed by atoms with van der Waals surface area (Å²) in [5.74, 6) is 0.535. The highest BCUT2D eigenvalue weighted by molar-refractivity contribution is 5.99. The fourth-order valence-corrected chi connectivity index (χ4v) is 2.55. The Bertz CT molecular complexity index is 768. The molecule has 1 aromatic heterocycles. The van der Waals surface area contributed by atoms with E-state index in [2.05, 4.69) is 15.6 Å². The van der Waals surface area contributed by atoms with Crippen molar-refractivity contribution in [2.45, 2.75) is 26.7 Å². The summed E-state index contributed by atoms with van der Waals surface area (Å²) in [6.07, 6.45) is 2.60. The number of carbonyl (C=O) groups is 2. The van der Waals surface area contributed by atoms with Gasteiger partial charge in [-0.05, 0) is 41.8 Å². The molecule has 0 bridgehead atoms. The number of pyridine rings is 1. The van der Waals surface area contributed by atoms with Crippen molar-refractivity contribution in [2.24, 2.45) is 0 Å². The van der Waals surface area contributed by atoms with Crippen LogP contribution in [0.25, 0.3) is 11.1 Å². The van der Waals surface area contributed by atoms with E-state index in [1.54, 1.807) is 13.1 Å². The van der Waals surface area contributed by atoms with Crippen molar-refractivity contribution in [3.63, 3.8) is 0 Å². The average molecular weight is 295 g/mol. The Kier molecular flexibility index (Phi) is 3.63. The lowest BCUT2D eigenvalue weighted by Crippen LogP contribution is -2.10. The van der Waals surface area contributed by atoms with Gasteiger partial charge in [0.05, 0.1) is 6.42 Å². The standard InChI is InChI=1S/C17H17N3O2/c1-3-16(21)20-15-6-10(2)13(9-18-15)11-4-5-14-12(7-11)8-17(22)19-14/h4-7,9H,3,8H2,1-2H3,(H,19,22)(H,18,20,21). The number of hydrogen-bond donors (Lipinski definition) is 2. The highest BCUT2D eigenvalue weighted by Gasteiger charge is 2.18. The first-order valence-electron chi connectivity index (χ1n) is 7.26. The molecule has 112 valence electrons. The number of amides is 2. The van der Waals surface area contributed by atoms with E-state index >= 15 is 0 Å². The predicted molar refractivity (Wildman–Crippen MR) is 85.7 cm³/mol. The zero-order chi connectivity index (χ0) is 15.7. The molecular weight excluding hydrogens is 278 g/mol. The van der Waals surface area contributed by atoms with Crippen molar-refractivity contribution in [3.05, 3.63) is 41.6 Å². The van der Waals surface area contributed by atoms with Crippen LogP contribution >= 0.6 is 0 Å². The molecule has 0 fully saturated rings. The number of nitrogens with zero attached hydrogens (tertiary/aromatic N) is 1. The molecule has 5 nitrogen and oxygen atoms in total. The third-order valence-corrected chi connectivity index (χ3v) is 3.74. The molecule has 5 heteroatoms. The van der Waals surface area contributed by atoms with Crippen molar-refractivity contribution in [1.29, 1.82) is 0 Å². The summed E-state index contributed by atoms with van der Waals surface area (Å²) in [4.78, 5) is 27.1. The number of carbonyl (C=O) groups excluding carboxylic acids is 2. The summed E-state index contributed by atoms with van der Waals surface area (Å²) >= 11 is 0. The van der Waals surface area contributed by atoms with Crippen molar-refractivity contribution >= 4 is 23.3 Å². The predicted octanol–water partition coefficient (Wildman–Crippen LogP) is 2.90. The molecule has 0 radical (unpaired) electrons. The minimum Gasteiger partial charge on any atom is -0.326 e. The second-order valence-corrected chi connectivity index (χ2v) is 5.38. The van der Waals surface area contributed by atoms with Crippen LogP contribution in [0.15, 0.2) is 30.5 Å². The molecule has 0 atom stereocenters. The minimum absolute atomic E-state index is 0.0274. The van der Waals surface area contributed by atoms with Gasteiger partial charge in [0.1, 0.15) is 5.82 Å². The Morgan fingerprint density at radius 3 is 2.91 bits per heavy atom. The van der Waals surface area contributed by atoms with Gasteiger partial charge in [-0.2, -0.15) is 0 Å². The van der Waals surface area contributed by atoms with Crippen LogP contribution in [0.2, 0.25) is 0 Å². The topological polar surface area (TPSA) is 71.1 Å². The van der Waals surface area contributed by atoms with E-state index in [-0.39, 0.29) is 11.8 Å². The lowest BCUT2D eigenvalue weighted by atomic mass is 9.99. The Morgan fingerprint density at radius 2 is 2.18 bits per heavy atom. The number of rotatable bonds is 3. The van der Waals surface area contributed by atoms with Crippen LogP contribution in [-0.4, -0.2) is 16.8 Å². The molecule has 1 aliphatic heterocycles. The SMILES string of the molecule is CCC(=O)Nc1cc(C)c(-c2ccc3c(c2)CC(=O)N3)cn1. The molecular formula is C17H17N3O2. The Morgan fingerprint density at radius 1 is 1.36 bits per heavy atom. The molecule has 1 aliphatic rings. The monoisotopic (exact) mass is 295 g/mol. The van der Waals surface area contributed by atoms with Gasteiger partial charge in [0.2, 0.25) is 11.8 Å². The molecule has 0 saturated carbocycles. The number of anilines is 2. The summed E-state index contributed by atoms with van der Waals surface area (Å²) in [5.41, 5.74) is 4.93. The van der Waals surface area contributed by atoms with Crippen molar-refractivity contribution in [2.75, 3.05) is 10.6 Å². The fraction of sp³-hybridized carbons (Fsp3) is 0.235. The molecule has 2 heterocycles. The number of aromatic nitrogens is 1. The van der Waals surface area contributed by atoms with Gasteiger partial charge in [-0.3, -0.25) is 9.59 Å². The third kappa shape index (κ3) is 2.70. The van der Waals surface area contributed by atoms with Gasteiger partial charge in [0.25, 0.3) is 0 Å². The quantitative estimate of drug-likeness (QED) is 0.914. The Labute approximate surface area is 128 Å². The van der Waals surface area contributed by atoms with Crippen LogP contribution in [-0.2, 0) is 16.0 Å². The zero-order valence-electron chi connectivity index (χ0n) is 12.6. The second-order valence-electron chi connectivity index (χ2n) is 5.38. The smallest absolute Gasteiger partial charge is 0.228 e. The molecule has 22 heavy (non-hydrogen) atoms. The minimum atomic E-state index is -0.0539. The normalized spacial score (nSPS) is 12.7. The molecule has 0 unspecified atom stereocenters. The maximum Gasteiger partial charge on any atom is 0.228 e. The summed E-state index contributed by atoms with van der Waals surface area (Å²) in [5, 5.41) is 5.58. The van der Waals surface area contributed by atoms with Crippen molar-refractivity contribution in [1.82, 2.24) is 4.98 Å². The van der Waals surface area contributed by atoms with Crippen LogP contribution in [0.5, 0.6) is 0 Å². The van der Waals surface area contributed by atoms with Gasteiger partial charge >= 0.3 is 0 Å². The highest BCUT2D eigenvalue weighted by Crippen LogP contribution is 2.30. The van der Waals surface area contributed by atoms with E-state index < -0.39 is 0 Å². The van der Waals surface area contributed by atoms with Gasteiger partial charge < -0.3 is 10.6 Å². The van der Waals surface area contributed by atoms with Crippen molar-refractivity contribution < 1.29 is 9.59 Å². The van der Waals surface area contributed by atoms with Gasteiger partial charge in [0, 0.05) is 23.9 Å². The number of fused-ring (bicyclic) bond motifs is 1. The molecule has 0 aliphatic carbocycles. The van der Waals surface area contributed by atoms with Crippen LogP contribution in [0.1, 0.15) is 24.5 Å². The summed E-state index contributed by atoms with van der Waals surface area (Å²) in [7, 11) is 0. The van der Waals surface area contributed by atoms with E-state index in [1.165, 1.54) is 0 Å². The molecule has 2 aromatic rings. The van der Waals surface area contributed by atoms with Gasteiger partial charge in [-0.15, -0.1) is 0 Å². The maximum absolute atomic E-state index is 11.4. The summed E-state index contributed by atoms with van der Waals surface area (Å²) < 4.78 is 0. The van der Waals surface area contributed by atoms with Gasteiger partial charge in [-0.25, -0.2) is 4.98 Å². The molecule has 2 N–H and O–H groups in total. The second kappa shape index (κ2) is 5.60. The Balaban J connectivity index is 1.91.